The van der Waals surface area contributed by atoms with Crippen LogP contribution in [0.5, 0.6) is 0 Å². The van der Waals surface area contributed by atoms with E-state index in [9.17, 15) is 0 Å². The third kappa shape index (κ3) is 1.02. The largest absolute Gasteiger partial charge is 0.236 e. The fraction of sp³-hybridized carbons (Fsp3) is 0.400. The molecule has 0 aromatic carbocycles. The summed E-state index contributed by atoms with van der Waals surface area (Å²) >= 11 is 2.17. The second-order valence-corrected chi connectivity index (χ2v) is 2.67. The Bertz CT molecular complexity index is 169. The van der Waals surface area contributed by atoms with Gasteiger partial charge in [0.2, 0.25) is 0 Å². The third-order valence-corrected chi connectivity index (χ3v) is 1.91. The molecule has 43 valence electrons. The Morgan fingerprint density at radius 1 is 1.38 bits per heavy atom. The van der Waals surface area contributed by atoms with E-state index in [-0.39, 0.29) is 0 Å². The summed E-state index contributed by atoms with van der Waals surface area (Å²) in [6, 6.07) is 0. The maximum Gasteiger partial charge on any atom is 0.126 e. The van der Waals surface area contributed by atoms with E-state index >= 15 is 0 Å². The lowest BCUT2D eigenvalue weighted by Crippen LogP contribution is -2.00. The van der Waals surface area contributed by atoms with Gasteiger partial charge in [-0.25, -0.2) is 10.3 Å². The van der Waals surface area contributed by atoms with E-state index in [0.717, 1.165) is 15.2 Å². The molecule has 0 atom stereocenters. The van der Waals surface area contributed by atoms with Crippen LogP contribution >= 0.6 is 22.6 Å². The minimum Gasteiger partial charge on any atom is -0.236 e. The second-order valence-electron chi connectivity index (χ2n) is 1.65. The maximum atomic E-state index is 4.09. The number of aliphatic imine (C=N–C) groups is 1. The van der Waals surface area contributed by atoms with Crippen LogP contribution in [0, 0.1) is 0 Å². The van der Waals surface area contributed by atoms with E-state index in [4.69, 9.17) is 0 Å². The van der Waals surface area contributed by atoms with E-state index in [1.54, 1.807) is 0 Å². The highest BCUT2D eigenvalue weighted by atomic mass is 127. The monoisotopic (exact) mass is 221 g/mol. The van der Waals surface area contributed by atoms with Gasteiger partial charge in [0.05, 0.1) is 5.70 Å². The number of allylic oxidation sites excluding steroid dienone is 1. The van der Waals surface area contributed by atoms with Gasteiger partial charge in [0.15, 0.2) is 0 Å². The number of rotatable bonds is 0. The van der Waals surface area contributed by atoms with Gasteiger partial charge in [-0.15, -0.1) is 0 Å². The Labute approximate surface area is 62.2 Å². The van der Waals surface area contributed by atoms with E-state index in [1.807, 2.05) is 13.8 Å². The summed E-state index contributed by atoms with van der Waals surface area (Å²) in [5.74, 6) is 0.868. The molecule has 0 bridgehead atoms. The summed E-state index contributed by atoms with van der Waals surface area (Å²) in [6.45, 7) is 3.86. The Morgan fingerprint density at radius 2 is 2.00 bits per heavy atom. The van der Waals surface area contributed by atoms with Crippen molar-refractivity contribution in [3.05, 3.63) is 9.40 Å². The zero-order valence-electron chi connectivity index (χ0n) is 4.77. The third-order valence-electron chi connectivity index (χ3n) is 0.888. The van der Waals surface area contributed by atoms with Gasteiger partial charge in [-0.3, -0.25) is 0 Å². The normalized spacial score (nSPS) is 18.6. The van der Waals surface area contributed by atoms with Crippen molar-refractivity contribution >= 4 is 28.4 Å². The van der Waals surface area contributed by atoms with Crippen molar-refractivity contribution in [1.29, 1.82) is 0 Å². The Morgan fingerprint density at radius 3 is 2.12 bits per heavy atom. The standard InChI is InChI=1S/C5H6IN2/c1-3-5(6)8-4(2)7-3/h1-2H3. The van der Waals surface area contributed by atoms with E-state index in [1.165, 1.54) is 0 Å². The molecule has 1 rings (SSSR count). The zero-order chi connectivity index (χ0) is 6.15. The lowest BCUT2D eigenvalue weighted by Gasteiger charge is -1.85. The minimum absolute atomic E-state index is 0.868. The van der Waals surface area contributed by atoms with E-state index < -0.39 is 0 Å². The topological polar surface area (TPSA) is 26.5 Å². The molecule has 2 nitrogen and oxygen atoms in total. The van der Waals surface area contributed by atoms with Crippen LogP contribution in [-0.4, -0.2) is 5.84 Å². The SMILES string of the molecule is CC1=NC(C)=C(I)[N]1. The number of hydrogen-bond acceptors (Lipinski definition) is 1. The van der Waals surface area contributed by atoms with E-state index in [2.05, 4.69) is 32.9 Å². The van der Waals surface area contributed by atoms with E-state index in [0.29, 0.717) is 0 Å². The molecule has 0 spiro atoms. The van der Waals surface area contributed by atoms with Gasteiger partial charge >= 0.3 is 0 Å². The van der Waals surface area contributed by atoms with Crippen LogP contribution in [0.25, 0.3) is 0 Å². The van der Waals surface area contributed by atoms with Crippen molar-refractivity contribution < 1.29 is 0 Å². The zero-order valence-corrected chi connectivity index (χ0v) is 6.93. The van der Waals surface area contributed by atoms with Crippen molar-refractivity contribution in [3.8, 4) is 0 Å². The van der Waals surface area contributed by atoms with Crippen molar-refractivity contribution in [2.45, 2.75) is 13.8 Å². The maximum absolute atomic E-state index is 4.09. The average Bonchev–Trinajstić information content (AvgIpc) is 1.85. The van der Waals surface area contributed by atoms with Gasteiger partial charge < -0.3 is 0 Å². The van der Waals surface area contributed by atoms with Gasteiger partial charge in [0.1, 0.15) is 9.54 Å². The Kier molecular flexibility index (Phi) is 1.55. The molecule has 0 aromatic heterocycles. The van der Waals surface area contributed by atoms with Crippen LogP contribution in [0.3, 0.4) is 0 Å². The molecule has 0 fully saturated rings. The second kappa shape index (κ2) is 2.05. The molecule has 1 radical (unpaired) electrons. The summed E-state index contributed by atoms with van der Waals surface area (Å²) in [5.41, 5.74) is 1.03. The number of halogens is 1. The molecule has 0 aromatic rings. The predicted octanol–water partition coefficient (Wildman–Crippen LogP) is 1.65. The number of nitrogens with zero attached hydrogens (tertiary/aromatic N) is 2. The summed E-state index contributed by atoms with van der Waals surface area (Å²) in [7, 11) is 0. The number of hydrogen-bond donors (Lipinski definition) is 0. The van der Waals surface area contributed by atoms with Gasteiger partial charge in [-0.1, -0.05) is 0 Å². The first-order valence-corrected chi connectivity index (χ1v) is 3.41. The highest BCUT2D eigenvalue weighted by Gasteiger charge is 2.07. The quantitative estimate of drug-likeness (QED) is 0.439. The molecule has 0 unspecified atom stereocenters. The van der Waals surface area contributed by atoms with Crippen molar-refractivity contribution in [2.75, 3.05) is 0 Å². The van der Waals surface area contributed by atoms with Gasteiger partial charge in [-0.2, -0.15) is 0 Å². The molecule has 0 N–H and O–H groups in total. The summed E-state index contributed by atoms with van der Waals surface area (Å²) < 4.78 is 1.01. The fourth-order valence-electron chi connectivity index (χ4n) is 0.537. The molecule has 3 heteroatoms. The van der Waals surface area contributed by atoms with Crippen molar-refractivity contribution in [2.24, 2.45) is 4.99 Å². The molecule has 0 aliphatic carbocycles. The summed E-state index contributed by atoms with van der Waals surface area (Å²) in [4.78, 5) is 4.09. The Hall–Kier alpha value is -0.0600. The van der Waals surface area contributed by atoms with Crippen LogP contribution < -0.4 is 5.32 Å². The first kappa shape index (κ1) is 6.07. The van der Waals surface area contributed by atoms with Crippen molar-refractivity contribution in [3.63, 3.8) is 0 Å². The smallest absolute Gasteiger partial charge is 0.126 e. The number of amidine groups is 1. The highest BCUT2D eigenvalue weighted by molar-refractivity contribution is 14.1. The molecule has 1 aliphatic heterocycles. The van der Waals surface area contributed by atoms with Gasteiger partial charge in [0, 0.05) is 0 Å². The molecular weight excluding hydrogens is 215 g/mol. The van der Waals surface area contributed by atoms with Gasteiger partial charge in [0.25, 0.3) is 0 Å². The molecule has 0 amide bonds. The molecule has 1 aliphatic rings. The highest BCUT2D eigenvalue weighted by Crippen LogP contribution is 2.16. The predicted molar refractivity (Wildman–Crippen MR) is 42.0 cm³/mol. The molecule has 1 heterocycles. The first-order chi connectivity index (χ1) is 3.70. The summed E-state index contributed by atoms with van der Waals surface area (Å²) in [6.07, 6.45) is 0. The van der Waals surface area contributed by atoms with Crippen LogP contribution in [0.4, 0.5) is 0 Å². The Balaban J connectivity index is 2.79. The van der Waals surface area contributed by atoms with Crippen LogP contribution in [0.1, 0.15) is 13.8 Å². The minimum atomic E-state index is 0.868. The van der Waals surface area contributed by atoms with Crippen molar-refractivity contribution in [1.82, 2.24) is 5.32 Å². The molecule has 8 heavy (non-hydrogen) atoms. The summed E-state index contributed by atoms with van der Waals surface area (Å²) in [5, 5.41) is 4.09. The van der Waals surface area contributed by atoms with Crippen LogP contribution in [0.15, 0.2) is 14.4 Å². The molecule has 0 saturated heterocycles. The van der Waals surface area contributed by atoms with Crippen LogP contribution in [-0.2, 0) is 0 Å². The lowest BCUT2D eigenvalue weighted by atomic mass is 10.6. The average molecular weight is 221 g/mol. The lowest BCUT2D eigenvalue weighted by molar-refractivity contribution is 1.25. The molecular formula is C5H6IN2. The van der Waals surface area contributed by atoms with Gasteiger partial charge in [-0.05, 0) is 36.4 Å². The first-order valence-electron chi connectivity index (χ1n) is 2.33. The molecule has 0 saturated carbocycles. The fourth-order valence-corrected chi connectivity index (χ4v) is 1.01. The van der Waals surface area contributed by atoms with Crippen LogP contribution in [0.2, 0.25) is 0 Å².